The van der Waals surface area contributed by atoms with E-state index in [-0.39, 0.29) is 25.3 Å². The van der Waals surface area contributed by atoms with Crippen molar-refractivity contribution < 1.29 is 27.8 Å². The van der Waals surface area contributed by atoms with Crippen LogP contribution in [0.1, 0.15) is 51.4 Å². The van der Waals surface area contributed by atoms with Gasteiger partial charge in [-0.1, -0.05) is 0 Å². The topological polar surface area (TPSA) is 49.8 Å². The molecule has 1 unspecified atom stereocenters. The molecule has 0 radical (unpaired) electrons. The zero-order valence-electron chi connectivity index (χ0n) is 13.4. The van der Waals surface area contributed by atoms with Crippen molar-refractivity contribution in [2.75, 3.05) is 26.3 Å². The Kier molecular flexibility index (Phi) is 6.31. The van der Waals surface area contributed by atoms with E-state index in [0.29, 0.717) is 18.9 Å². The first-order valence-electron chi connectivity index (χ1n) is 8.46. The minimum Gasteiger partial charge on any atom is -0.381 e. The predicted octanol–water partition coefficient (Wildman–Crippen LogP) is 2.89. The van der Waals surface area contributed by atoms with Crippen LogP contribution in [0.25, 0.3) is 0 Å². The average molecular weight is 337 g/mol. The molecule has 1 amide bonds. The second-order valence-electron chi connectivity index (χ2n) is 6.71. The molecule has 2 heterocycles. The zero-order chi connectivity index (χ0) is 16.9. The molecule has 0 spiro atoms. The molecule has 2 aliphatic heterocycles. The van der Waals surface area contributed by atoms with Crippen LogP contribution in [0.3, 0.4) is 0 Å². The smallest absolute Gasteiger partial charge is 0.381 e. The van der Waals surface area contributed by atoms with Crippen molar-refractivity contribution >= 4 is 5.91 Å². The van der Waals surface area contributed by atoms with Gasteiger partial charge in [0.25, 0.3) is 0 Å². The van der Waals surface area contributed by atoms with Gasteiger partial charge in [0.05, 0.1) is 0 Å². The lowest BCUT2D eigenvalue weighted by Crippen LogP contribution is -2.46. The number of hydrogen-bond acceptors (Lipinski definition) is 3. The summed E-state index contributed by atoms with van der Waals surface area (Å²) in [5.41, 5.74) is -2.65. The lowest BCUT2D eigenvalue weighted by atomic mass is 9.94. The number of rotatable bonds is 4. The average Bonchev–Trinajstić information content (AvgIpc) is 2.71. The first-order chi connectivity index (χ1) is 10.8. The Morgan fingerprint density at radius 1 is 1.22 bits per heavy atom. The lowest BCUT2D eigenvalue weighted by molar-refractivity contribution is -0.263. The SMILES string of the molecule is O=C(CCCC1CCOCC1)N1CCCC(O)(C(F)(F)F)CC1. The maximum atomic E-state index is 12.9. The second-order valence-corrected chi connectivity index (χ2v) is 6.71. The van der Waals surface area contributed by atoms with E-state index in [1.54, 1.807) is 0 Å². The van der Waals surface area contributed by atoms with Crippen molar-refractivity contribution in [3.05, 3.63) is 0 Å². The number of alkyl halides is 3. The van der Waals surface area contributed by atoms with Crippen molar-refractivity contribution in [2.24, 2.45) is 5.92 Å². The van der Waals surface area contributed by atoms with Crippen LogP contribution >= 0.6 is 0 Å². The predicted molar refractivity (Wildman–Crippen MR) is 78.8 cm³/mol. The van der Waals surface area contributed by atoms with Crippen LogP contribution in [-0.2, 0) is 9.53 Å². The van der Waals surface area contributed by atoms with E-state index >= 15 is 0 Å². The molecule has 23 heavy (non-hydrogen) atoms. The monoisotopic (exact) mass is 337 g/mol. The third-order valence-corrected chi connectivity index (χ3v) is 5.04. The molecule has 0 aromatic rings. The quantitative estimate of drug-likeness (QED) is 0.858. The normalized spacial score (nSPS) is 27.7. The van der Waals surface area contributed by atoms with Gasteiger partial charge in [0.1, 0.15) is 0 Å². The number of halogens is 3. The summed E-state index contributed by atoms with van der Waals surface area (Å²) < 4.78 is 43.9. The molecule has 2 aliphatic rings. The first kappa shape index (κ1) is 18.5. The van der Waals surface area contributed by atoms with E-state index in [0.717, 1.165) is 38.9 Å². The van der Waals surface area contributed by atoms with Gasteiger partial charge in [-0.3, -0.25) is 4.79 Å². The highest BCUT2D eigenvalue weighted by Gasteiger charge is 2.53. The Labute approximate surface area is 135 Å². The maximum absolute atomic E-state index is 12.9. The number of likely N-dealkylation sites (tertiary alicyclic amines) is 1. The van der Waals surface area contributed by atoms with Gasteiger partial charge in [-0.2, -0.15) is 13.2 Å². The summed E-state index contributed by atoms with van der Waals surface area (Å²) in [5.74, 6) is 0.500. The van der Waals surface area contributed by atoms with Crippen LogP contribution in [-0.4, -0.2) is 54.0 Å². The van der Waals surface area contributed by atoms with E-state index in [9.17, 15) is 23.1 Å². The summed E-state index contributed by atoms with van der Waals surface area (Å²) in [4.78, 5) is 13.7. The van der Waals surface area contributed by atoms with Gasteiger partial charge in [0.15, 0.2) is 5.60 Å². The van der Waals surface area contributed by atoms with Crippen molar-refractivity contribution in [1.29, 1.82) is 0 Å². The van der Waals surface area contributed by atoms with Gasteiger partial charge < -0.3 is 14.7 Å². The minimum absolute atomic E-state index is 0.0217. The second kappa shape index (κ2) is 7.83. The lowest BCUT2D eigenvalue weighted by Gasteiger charge is -2.29. The molecule has 0 aromatic heterocycles. The van der Waals surface area contributed by atoms with Crippen LogP contribution in [0.5, 0.6) is 0 Å². The summed E-state index contributed by atoms with van der Waals surface area (Å²) >= 11 is 0. The molecule has 0 aromatic carbocycles. The summed E-state index contributed by atoms with van der Waals surface area (Å²) in [7, 11) is 0. The number of carbonyl (C=O) groups is 1. The van der Waals surface area contributed by atoms with E-state index in [1.165, 1.54) is 4.90 Å². The number of ether oxygens (including phenoxy) is 1. The van der Waals surface area contributed by atoms with Crippen molar-refractivity contribution in [2.45, 2.75) is 63.1 Å². The van der Waals surface area contributed by atoms with Crippen molar-refractivity contribution in [1.82, 2.24) is 4.90 Å². The fourth-order valence-corrected chi connectivity index (χ4v) is 3.39. The molecule has 134 valence electrons. The molecule has 0 saturated carbocycles. The Hall–Kier alpha value is -0.820. The molecule has 2 fully saturated rings. The summed E-state index contributed by atoms with van der Waals surface area (Å²) in [6.07, 6.45) is -1.05. The summed E-state index contributed by atoms with van der Waals surface area (Å²) in [6.45, 7) is 1.84. The number of hydrogen-bond donors (Lipinski definition) is 1. The molecule has 1 N–H and O–H groups in total. The first-order valence-corrected chi connectivity index (χ1v) is 8.46. The molecule has 2 rings (SSSR count). The Bertz CT molecular complexity index is 397. The number of amides is 1. The Morgan fingerprint density at radius 3 is 2.57 bits per heavy atom. The number of carbonyl (C=O) groups excluding carboxylic acids is 1. The zero-order valence-corrected chi connectivity index (χ0v) is 13.4. The third kappa shape index (κ3) is 5.08. The number of nitrogens with zero attached hydrogens (tertiary/aromatic N) is 1. The highest BCUT2D eigenvalue weighted by Crippen LogP contribution is 2.38. The van der Waals surface area contributed by atoms with E-state index < -0.39 is 18.2 Å². The van der Waals surface area contributed by atoms with Crippen LogP contribution in [0.15, 0.2) is 0 Å². The van der Waals surface area contributed by atoms with Crippen molar-refractivity contribution in [3.8, 4) is 0 Å². The van der Waals surface area contributed by atoms with E-state index in [1.807, 2.05) is 0 Å². The standard InChI is InChI=1S/C16H26F3NO3/c17-16(18,19)15(22)7-2-9-20(10-8-15)14(21)4-1-3-13-5-11-23-12-6-13/h13,22H,1-12H2. The van der Waals surface area contributed by atoms with Crippen LogP contribution in [0, 0.1) is 5.92 Å². The highest BCUT2D eigenvalue weighted by molar-refractivity contribution is 5.76. The van der Waals surface area contributed by atoms with Crippen LogP contribution in [0.4, 0.5) is 13.2 Å². The highest BCUT2D eigenvalue weighted by atomic mass is 19.4. The molecule has 0 bridgehead atoms. The number of aliphatic hydroxyl groups is 1. The minimum atomic E-state index is -4.63. The fourth-order valence-electron chi connectivity index (χ4n) is 3.39. The largest absolute Gasteiger partial charge is 0.417 e. The molecule has 1 atom stereocenters. The summed E-state index contributed by atoms with van der Waals surface area (Å²) in [6, 6.07) is 0. The fraction of sp³-hybridized carbons (Fsp3) is 0.938. The molecular formula is C16H26F3NO3. The van der Waals surface area contributed by atoms with Gasteiger partial charge in [-0.15, -0.1) is 0 Å². The molecule has 0 aliphatic carbocycles. The maximum Gasteiger partial charge on any atom is 0.417 e. The van der Waals surface area contributed by atoms with Gasteiger partial charge in [0, 0.05) is 39.1 Å². The van der Waals surface area contributed by atoms with Gasteiger partial charge in [-0.25, -0.2) is 0 Å². The molecule has 4 nitrogen and oxygen atoms in total. The Morgan fingerprint density at radius 2 is 1.91 bits per heavy atom. The van der Waals surface area contributed by atoms with E-state index in [4.69, 9.17) is 4.74 Å². The van der Waals surface area contributed by atoms with Crippen molar-refractivity contribution in [3.63, 3.8) is 0 Å². The molecule has 7 heteroatoms. The molecular weight excluding hydrogens is 311 g/mol. The van der Waals surface area contributed by atoms with Gasteiger partial charge >= 0.3 is 6.18 Å². The van der Waals surface area contributed by atoms with E-state index in [2.05, 4.69) is 0 Å². The van der Waals surface area contributed by atoms with Crippen LogP contribution in [0.2, 0.25) is 0 Å². The van der Waals surface area contributed by atoms with Crippen LogP contribution < -0.4 is 0 Å². The Balaban J connectivity index is 1.74. The summed E-state index contributed by atoms with van der Waals surface area (Å²) in [5, 5.41) is 9.76. The van der Waals surface area contributed by atoms with Gasteiger partial charge in [-0.05, 0) is 44.4 Å². The third-order valence-electron chi connectivity index (χ3n) is 5.04. The van der Waals surface area contributed by atoms with Gasteiger partial charge in [0.2, 0.25) is 5.91 Å². The molecule has 2 saturated heterocycles.